The number of ether oxygens (including phenoxy) is 1. The molecular weight excluding hydrogens is 330 g/mol. The molecule has 1 aromatic rings. The number of hydrogen-bond donors (Lipinski definition) is 1. The van der Waals surface area contributed by atoms with Crippen molar-refractivity contribution < 1.29 is 17.9 Å². The number of amides is 1. The van der Waals surface area contributed by atoms with Crippen LogP contribution in [0.1, 0.15) is 12.8 Å². The third kappa shape index (κ3) is 3.32. The lowest BCUT2D eigenvalue weighted by Gasteiger charge is -2.40. The van der Waals surface area contributed by atoms with E-state index in [0.29, 0.717) is 39.1 Å². The number of piperazine rings is 1. The van der Waals surface area contributed by atoms with Crippen LogP contribution in [0.5, 0.6) is 0 Å². The van der Waals surface area contributed by atoms with Gasteiger partial charge in [0.25, 0.3) is 0 Å². The first-order valence-electron chi connectivity index (χ1n) is 8.15. The quantitative estimate of drug-likeness (QED) is 0.827. The molecule has 0 aromatic heterocycles. The van der Waals surface area contributed by atoms with Crippen LogP contribution >= 0.6 is 0 Å². The molecule has 1 aromatic carbocycles. The number of hydrogen-bond acceptors (Lipinski definition) is 5. The summed E-state index contributed by atoms with van der Waals surface area (Å²) >= 11 is 0. The van der Waals surface area contributed by atoms with Crippen LogP contribution in [0.4, 0.5) is 0 Å². The summed E-state index contributed by atoms with van der Waals surface area (Å²) in [5.74, 6) is -0.0949. The van der Waals surface area contributed by atoms with Crippen molar-refractivity contribution in [1.82, 2.24) is 9.21 Å². The van der Waals surface area contributed by atoms with Crippen LogP contribution in [0.25, 0.3) is 0 Å². The molecule has 1 amide bonds. The monoisotopic (exact) mass is 353 g/mol. The van der Waals surface area contributed by atoms with Crippen LogP contribution in [0.2, 0.25) is 0 Å². The zero-order chi connectivity index (χ0) is 17.2. The Morgan fingerprint density at radius 1 is 1.04 bits per heavy atom. The van der Waals surface area contributed by atoms with Gasteiger partial charge in [-0.15, -0.1) is 0 Å². The minimum atomic E-state index is -3.51. The number of rotatable bonds is 3. The number of benzene rings is 1. The van der Waals surface area contributed by atoms with Crippen LogP contribution in [-0.2, 0) is 19.6 Å². The van der Waals surface area contributed by atoms with Crippen LogP contribution < -0.4 is 5.73 Å². The molecule has 7 nitrogen and oxygen atoms in total. The first-order chi connectivity index (χ1) is 11.4. The lowest BCUT2D eigenvalue weighted by Crippen LogP contribution is -2.61. The fourth-order valence-electron chi connectivity index (χ4n) is 3.14. The minimum absolute atomic E-state index is 0.0949. The Labute approximate surface area is 142 Å². The molecule has 3 rings (SSSR count). The molecule has 2 N–H and O–H groups in total. The summed E-state index contributed by atoms with van der Waals surface area (Å²) in [5.41, 5.74) is 5.37. The predicted octanol–water partition coefficient (Wildman–Crippen LogP) is 0.0274. The molecule has 2 saturated heterocycles. The number of carbonyl (C=O) groups is 1. The van der Waals surface area contributed by atoms with Gasteiger partial charge in [0.1, 0.15) is 0 Å². The summed E-state index contributed by atoms with van der Waals surface area (Å²) in [4.78, 5) is 14.6. The lowest BCUT2D eigenvalue weighted by atomic mass is 9.89. The van der Waals surface area contributed by atoms with Crippen molar-refractivity contribution in [3.63, 3.8) is 0 Å². The second kappa shape index (κ2) is 6.79. The Morgan fingerprint density at radius 2 is 1.62 bits per heavy atom. The van der Waals surface area contributed by atoms with Gasteiger partial charge in [0.05, 0.1) is 10.4 Å². The first kappa shape index (κ1) is 17.3. The van der Waals surface area contributed by atoms with Crippen molar-refractivity contribution in [3.8, 4) is 0 Å². The number of carbonyl (C=O) groups excluding carboxylic acids is 1. The summed E-state index contributed by atoms with van der Waals surface area (Å²) in [6.07, 6.45) is 1.02. The van der Waals surface area contributed by atoms with E-state index in [0.717, 1.165) is 0 Å². The Hall–Kier alpha value is -1.48. The average Bonchev–Trinajstić information content (AvgIpc) is 2.62. The second-order valence-electron chi connectivity index (χ2n) is 6.28. The summed E-state index contributed by atoms with van der Waals surface area (Å²) in [6.45, 7) is 2.29. The molecule has 2 aliphatic rings. The van der Waals surface area contributed by atoms with E-state index in [1.807, 2.05) is 0 Å². The van der Waals surface area contributed by atoms with Crippen LogP contribution in [0.15, 0.2) is 35.2 Å². The van der Waals surface area contributed by atoms with Crippen molar-refractivity contribution in [1.29, 1.82) is 0 Å². The fraction of sp³-hybridized carbons (Fsp3) is 0.562. The molecule has 2 heterocycles. The standard InChI is InChI=1S/C16H23N3O4S/c17-16(6-12-23-13-7-16)15(20)18-8-10-19(11-9-18)24(21,22)14-4-2-1-3-5-14/h1-5H,6-13,17H2. The maximum absolute atomic E-state index is 12.7. The molecule has 2 aliphatic heterocycles. The maximum atomic E-state index is 12.7. The zero-order valence-corrected chi connectivity index (χ0v) is 14.4. The minimum Gasteiger partial charge on any atom is -0.381 e. The molecule has 0 bridgehead atoms. The summed E-state index contributed by atoms with van der Waals surface area (Å²) in [7, 11) is -3.51. The average molecular weight is 353 g/mol. The highest BCUT2D eigenvalue weighted by Gasteiger charge is 2.40. The largest absolute Gasteiger partial charge is 0.381 e. The van der Waals surface area contributed by atoms with Crippen LogP contribution in [-0.4, -0.2) is 68.5 Å². The SMILES string of the molecule is NC1(C(=O)N2CCN(S(=O)(=O)c3ccccc3)CC2)CCOCC1. The second-order valence-corrected chi connectivity index (χ2v) is 8.22. The third-order valence-electron chi connectivity index (χ3n) is 4.72. The van der Waals surface area contributed by atoms with Crippen molar-refractivity contribution in [2.75, 3.05) is 39.4 Å². The molecule has 0 spiro atoms. The van der Waals surface area contributed by atoms with E-state index in [4.69, 9.17) is 10.5 Å². The maximum Gasteiger partial charge on any atom is 0.243 e. The molecule has 8 heteroatoms. The lowest BCUT2D eigenvalue weighted by molar-refractivity contribution is -0.141. The van der Waals surface area contributed by atoms with E-state index in [-0.39, 0.29) is 23.9 Å². The fourth-order valence-corrected chi connectivity index (χ4v) is 4.58. The van der Waals surface area contributed by atoms with Crippen molar-refractivity contribution in [3.05, 3.63) is 30.3 Å². The molecule has 0 saturated carbocycles. The molecule has 0 atom stereocenters. The van der Waals surface area contributed by atoms with Crippen molar-refractivity contribution >= 4 is 15.9 Å². The van der Waals surface area contributed by atoms with Crippen molar-refractivity contribution in [2.24, 2.45) is 5.73 Å². The summed E-state index contributed by atoms with van der Waals surface area (Å²) in [5, 5.41) is 0. The van der Waals surface area contributed by atoms with Gasteiger partial charge in [-0.05, 0) is 25.0 Å². The van der Waals surface area contributed by atoms with Crippen LogP contribution in [0.3, 0.4) is 0 Å². The predicted molar refractivity (Wildman–Crippen MR) is 88.8 cm³/mol. The normalized spacial score (nSPS) is 22.3. The zero-order valence-electron chi connectivity index (χ0n) is 13.6. The van der Waals surface area contributed by atoms with Gasteiger partial charge < -0.3 is 15.4 Å². The molecule has 24 heavy (non-hydrogen) atoms. The summed E-state index contributed by atoms with van der Waals surface area (Å²) < 4.78 is 31.9. The topological polar surface area (TPSA) is 92.9 Å². The number of nitrogens with two attached hydrogens (primary N) is 1. The van der Waals surface area contributed by atoms with Gasteiger partial charge in [0.2, 0.25) is 15.9 Å². The van der Waals surface area contributed by atoms with Gasteiger partial charge in [0, 0.05) is 39.4 Å². The molecule has 132 valence electrons. The van der Waals surface area contributed by atoms with Gasteiger partial charge in [-0.2, -0.15) is 4.31 Å². The molecule has 2 fully saturated rings. The molecule has 0 unspecified atom stereocenters. The summed E-state index contributed by atoms with van der Waals surface area (Å²) in [6, 6.07) is 8.36. The van der Waals surface area contributed by atoms with Crippen LogP contribution in [0, 0.1) is 0 Å². The highest BCUT2D eigenvalue weighted by Crippen LogP contribution is 2.23. The Bertz CT molecular complexity index is 679. The third-order valence-corrected chi connectivity index (χ3v) is 6.63. The van der Waals surface area contributed by atoms with Gasteiger partial charge in [-0.25, -0.2) is 8.42 Å². The number of nitrogens with zero attached hydrogens (tertiary/aromatic N) is 2. The Balaban J connectivity index is 1.64. The highest BCUT2D eigenvalue weighted by atomic mass is 32.2. The van der Waals surface area contributed by atoms with Gasteiger partial charge in [0.15, 0.2) is 0 Å². The van der Waals surface area contributed by atoms with E-state index < -0.39 is 15.6 Å². The van der Waals surface area contributed by atoms with E-state index >= 15 is 0 Å². The molecule has 0 radical (unpaired) electrons. The molecular formula is C16H23N3O4S. The van der Waals surface area contributed by atoms with E-state index in [1.165, 1.54) is 4.31 Å². The van der Waals surface area contributed by atoms with Gasteiger partial charge in [-0.3, -0.25) is 4.79 Å². The Morgan fingerprint density at radius 3 is 2.21 bits per heavy atom. The van der Waals surface area contributed by atoms with E-state index in [1.54, 1.807) is 35.2 Å². The smallest absolute Gasteiger partial charge is 0.243 e. The number of sulfonamides is 1. The highest BCUT2D eigenvalue weighted by molar-refractivity contribution is 7.89. The first-order valence-corrected chi connectivity index (χ1v) is 9.59. The van der Waals surface area contributed by atoms with Gasteiger partial charge in [-0.1, -0.05) is 18.2 Å². The van der Waals surface area contributed by atoms with E-state index in [2.05, 4.69) is 0 Å². The van der Waals surface area contributed by atoms with E-state index in [9.17, 15) is 13.2 Å². The van der Waals surface area contributed by atoms with Crippen molar-refractivity contribution in [2.45, 2.75) is 23.3 Å². The van der Waals surface area contributed by atoms with Gasteiger partial charge >= 0.3 is 0 Å². The Kier molecular flexibility index (Phi) is 4.91. The molecule has 0 aliphatic carbocycles.